The average molecular weight is 343 g/mol. The van der Waals surface area contributed by atoms with Crippen LogP contribution in [-0.2, 0) is 4.79 Å². The van der Waals surface area contributed by atoms with Crippen LogP contribution in [0.4, 0.5) is 14.7 Å². The smallest absolute Gasteiger partial charge is 0.324 e. The normalized spacial score (nSPS) is 20.5. The van der Waals surface area contributed by atoms with Gasteiger partial charge in [-0.05, 0) is 0 Å². The fraction of sp³-hybridized carbons (Fsp3) is 0.714. The Labute approximate surface area is 137 Å². The zero-order valence-electron chi connectivity index (χ0n) is 13.5. The van der Waals surface area contributed by atoms with E-state index in [0.29, 0.717) is 19.0 Å². The van der Waals surface area contributed by atoms with E-state index in [9.17, 15) is 13.6 Å². The lowest BCUT2D eigenvalue weighted by Crippen LogP contribution is -2.56. The number of hydrogen-bond acceptors (Lipinski definition) is 7. The molecule has 10 heteroatoms. The van der Waals surface area contributed by atoms with E-state index in [1.54, 1.807) is 4.90 Å². The fourth-order valence-corrected chi connectivity index (χ4v) is 2.76. The largest absolute Gasteiger partial charge is 0.467 e. The summed E-state index contributed by atoms with van der Waals surface area (Å²) < 4.78 is 36.3. The Morgan fingerprint density at radius 2 is 1.62 bits per heavy atom. The van der Waals surface area contributed by atoms with Gasteiger partial charge >= 0.3 is 12.0 Å². The minimum Gasteiger partial charge on any atom is -0.467 e. The molecule has 0 N–H and O–H groups in total. The summed E-state index contributed by atoms with van der Waals surface area (Å²) in [6, 6.07) is 0.259. The summed E-state index contributed by atoms with van der Waals surface area (Å²) in [6.45, 7) is 1.08. The van der Waals surface area contributed by atoms with Crippen molar-refractivity contribution >= 4 is 11.9 Å². The Morgan fingerprint density at radius 1 is 1.08 bits per heavy atom. The molecular formula is C14H19F2N5O3. The maximum absolute atomic E-state index is 13.2. The lowest BCUT2D eigenvalue weighted by Gasteiger charge is -2.42. The summed E-state index contributed by atoms with van der Waals surface area (Å²) in [6.07, 6.45) is -0.534. The van der Waals surface area contributed by atoms with Gasteiger partial charge in [0, 0.05) is 39.0 Å². The SMILES string of the molecule is COc1nc(OC)nc(N2CC(C(=O)N3CCC(F)(F)CC3)C2)n1. The van der Waals surface area contributed by atoms with Crippen LogP contribution in [0.3, 0.4) is 0 Å². The third kappa shape index (κ3) is 3.31. The molecule has 2 aliphatic heterocycles. The molecule has 2 saturated heterocycles. The maximum atomic E-state index is 13.2. The van der Waals surface area contributed by atoms with Gasteiger partial charge in [-0.3, -0.25) is 4.79 Å². The molecule has 2 aliphatic rings. The maximum Gasteiger partial charge on any atom is 0.324 e. The molecule has 1 amide bonds. The number of carbonyl (C=O) groups is 1. The Bertz CT molecular complexity index is 592. The summed E-state index contributed by atoms with van der Waals surface area (Å²) in [7, 11) is 2.88. The number of piperidine rings is 1. The minimum absolute atomic E-state index is 0.0882. The van der Waals surface area contributed by atoms with Crippen molar-refractivity contribution in [1.29, 1.82) is 0 Å². The molecule has 0 aliphatic carbocycles. The molecule has 0 bridgehead atoms. The van der Waals surface area contributed by atoms with E-state index in [2.05, 4.69) is 15.0 Å². The van der Waals surface area contributed by atoms with Crippen LogP contribution in [0.2, 0.25) is 0 Å². The van der Waals surface area contributed by atoms with Crippen molar-refractivity contribution in [2.24, 2.45) is 5.92 Å². The molecule has 0 radical (unpaired) electrons. The number of carbonyl (C=O) groups excluding carboxylic acids is 1. The van der Waals surface area contributed by atoms with Crippen molar-refractivity contribution in [2.75, 3.05) is 45.3 Å². The number of aromatic nitrogens is 3. The quantitative estimate of drug-likeness (QED) is 0.791. The van der Waals surface area contributed by atoms with Gasteiger partial charge < -0.3 is 19.3 Å². The monoisotopic (exact) mass is 343 g/mol. The second-order valence-corrected chi connectivity index (χ2v) is 5.89. The Hall–Kier alpha value is -2.26. The molecule has 0 saturated carbocycles. The number of amides is 1. The highest BCUT2D eigenvalue weighted by Gasteiger charge is 2.41. The number of methoxy groups -OCH3 is 2. The van der Waals surface area contributed by atoms with Gasteiger partial charge in [0.15, 0.2) is 0 Å². The van der Waals surface area contributed by atoms with Crippen LogP contribution >= 0.6 is 0 Å². The molecule has 0 spiro atoms. The number of ether oxygens (including phenoxy) is 2. The van der Waals surface area contributed by atoms with E-state index in [1.165, 1.54) is 19.1 Å². The van der Waals surface area contributed by atoms with Crippen molar-refractivity contribution in [1.82, 2.24) is 19.9 Å². The van der Waals surface area contributed by atoms with Crippen LogP contribution in [0.25, 0.3) is 0 Å². The molecule has 0 unspecified atom stereocenters. The molecular weight excluding hydrogens is 324 g/mol. The highest BCUT2D eigenvalue weighted by Crippen LogP contribution is 2.30. The van der Waals surface area contributed by atoms with E-state index in [-0.39, 0.29) is 49.8 Å². The molecule has 8 nitrogen and oxygen atoms in total. The Kier molecular flexibility index (Phi) is 4.37. The van der Waals surface area contributed by atoms with E-state index in [0.717, 1.165) is 0 Å². The third-order valence-electron chi connectivity index (χ3n) is 4.27. The van der Waals surface area contributed by atoms with E-state index in [1.807, 2.05) is 0 Å². The van der Waals surface area contributed by atoms with Gasteiger partial charge in [0.2, 0.25) is 11.9 Å². The van der Waals surface area contributed by atoms with Crippen LogP contribution < -0.4 is 14.4 Å². The molecule has 1 aromatic heterocycles. The van der Waals surface area contributed by atoms with Gasteiger partial charge in [-0.1, -0.05) is 0 Å². The van der Waals surface area contributed by atoms with Crippen LogP contribution in [0.5, 0.6) is 12.0 Å². The van der Waals surface area contributed by atoms with Gasteiger partial charge in [-0.15, -0.1) is 4.98 Å². The Morgan fingerprint density at radius 3 is 2.12 bits per heavy atom. The van der Waals surface area contributed by atoms with Crippen LogP contribution in [0, 0.1) is 5.92 Å². The highest BCUT2D eigenvalue weighted by molar-refractivity contribution is 5.81. The van der Waals surface area contributed by atoms with Crippen LogP contribution in [-0.4, -0.2) is 72.1 Å². The average Bonchev–Trinajstić information content (AvgIpc) is 2.52. The van der Waals surface area contributed by atoms with Crippen molar-refractivity contribution < 1.29 is 23.0 Å². The summed E-state index contributed by atoms with van der Waals surface area (Å²) in [5, 5.41) is 0. The number of likely N-dealkylation sites (tertiary alicyclic amines) is 1. The van der Waals surface area contributed by atoms with Gasteiger partial charge in [0.05, 0.1) is 20.1 Å². The molecule has 3 heterocycles. The van der Waals surface area contributed by atoms with Gasteiger partial charge in [0.1, 0.15) is 0 Å². The molecule has 1 aromatic rings. The van der Waals surface area contributed by atoms with E-state index in [4.69, 9.17) is 9.47 Å². The second-order valence-electron chi connectivity index (χ2n) is 5.89. The lowest BCUT2D eigenvalue weighted by atomic mass is 9.97. The first-order chi connectivity index (χ1) is 11.4. The zero-order chi connectivity index (χ0) is 17.3. The first-order valence-electron chi connectivity index (χ1n) is 7.67. The molecule has 132 valence electrons. The second kappa shape index (κ2) is 6.33. The van der Waals surface area contributed by atoms with E-state index >= 15 is 0 Å². The first-order valence-corrected chi connectivity index (χ1v) is 7.67. The Balaban J connectivity index is 1.58. The molecule has 24 heavy (non-hydrogen) atoms. The molecule has 0 atom stereocenters. The van der Waals surface area contributed by atoms with Crippen molar-refractivity contribution in [3.05, 3.63) is 0 Å². The minimum atomic E-state index is -2.65. The standard InChI is InChI=1S/C14H19F2N5O3/c1-23-12-17-11(18-13(19-12)24-2)21-7-9(8-21)10(22)20-5-3-14(15,16)4-6-20/h9H,3-8H2,1-2H3. The highest BCUT2D eigenvalue weighted by atomic mass is 19.3. The predicted octanol–water partition coefficient (Wildman–Crippen LogP) is 0.583. The number of nitrogens with zero attached hydrogens (tertiary/aromatic N) is 5. The summed E-state index contributed by atoms with van der Waals surface area (Å²) in [4.78, 5) is 27.8. The predicted molar refractivity (Wildman–Crippen MR) is 79.4 cm³/mol. The summed E-state index contributed by atoms with van der Waals surface area (Å²) in [5.74, 6) is -2.60. The van der Waals surface area contributed by atoms with E-state index < -0.39 is 5.92 Å². The number of anilines is 1. The third-order valence-corrected chi connectivity index (χ3v) is 4.27. The topological polar surface area (TPSA) is 80.7 Å². The number of alkyl halides is 2. The van der Waals surface area contributed by atoms with Crippen molar-refractivity contribution in [3.63, 3.8) is 0 Å². The van der Waals surface area contributed by atoms with Crippen LogP contribution in [0.15, 0.2) is 0 Å². The van der Waals surface area contributed by atoms with Gasteiger partial charge in [-0.2, -0.15) is 9.97 Å². The van der Waals surface area contributed by atoms with Gasteiger partial charge in [-0.25, -0.2) is 8.78 Å². The summed E-state index contributed by atoms with van der Waals surface area (Å²) in [5.41, 5.74) is 0. The molecule has 3 rings (SSSR count). The first kappa shape index (κ1) is 16.6. The number of halogens is 2. The molecule has 0 aromatic carbocycles. The van der Waals surface area contributed by atoms with Crippen LogP contribution in [0.1, 0.15) is 12.8 Å². The lowest BCUT2D eigenvalue weighted by molar-refractivity contribution is -0.142. The van der Waals surface area contributed by atoms with Gasteiger partial charge in [0.25, 0.3) is 5.92 Å². The zero-order valence-corrected chi connectivity index (χ0v) is 13.5. The number of rotatable bonds is 4. The number of hydrogen-bond donors (Lipinski definition) is 0. The fourth-order valence-electron chi connectivity index (χ4n) is 2.76. The van der Waals surface area contributed by atoms with Crippen molar-refractivity contribution in [2.45, 2.75) is 18.8 Å². The summed E-state index contributed by atoms with van der Waals surface area (Å²) >= 11 is 0. The van der Waals surface area contributed by atoms with Crippen molar-refractivity contribution in [3.8, 4) is 12.0 Å². The molecule has 2 fully saturated rings.